The summed E-state index contributed by atoms with van der Waals surface area (Å²) >= 11 is 0. The summed E-state index contributed by atoms with van der Waals surface area (Å²) in [7, 11) is -3.28. The molecule has 480 valence electrons. The average molecular weight is 1310 g/mol. The van der Waals surface area contributed by atoms with Gasteiger partial charge < -0.3 is 30.2 Å². The van der Waals surface area contributed by atoms with E-state index < -0.39 is 41.8 Å². The predicted molar refractivity (Wildman–Crippen MR) is 361 cm³/mol. The number of anilines is 3. The largest absolute Gasteiger partial charge is 0.416 e. The molecule has 0 fully saturated rings. The van der Waals surface area contributed by atoms with Crippen molar-refractivity contribution >= 4 is 96.7 Å². The Balaban J connectivity index is 0.000000126. The first-order chi connectivity index (χ1) is 44.1. The van der Waals surface area contributed by atoms with Gasteiger partial charge in [0, 0.05) is 141 Å². The van der Waals surface area contributed by atoms with Crippen molar-refractivity contribution in [1.29, 1.82) is 0 Å². The van der Waals surface area contributed by atoms with Crippen molar-refractivity contribution in [3.8, 4) is 0 Å². The molecule has 5 aromatic carbocycles. The van der Waals surface area contributed by atoms with Crippen LogP contribution in [0.1, 0.15) is 77.5 Å². The molecular formula is C70H75F3N10O6S3. The van der Waals surface area contributed by atoms with E-state index in [1.54, 1.807) is 42.7 Å². The number of pyridine rings is 1. The van der Waals surface area contributed by atoms with Gasteiger partial charge >= 0.3 is 6.18 Å². The number of nitrogens with zero attached hydrogens (tertiary/aromatic N) is 8. The molecule has 0 amide bonds. The lowest BCUT2D eigenvalue weighted by atomic mass is 9.98. The Bertz CT molecular complexity index is 4820. The zero-order valence-electron chi connectivity index (χ0n) is 52.0. The lowest BCUT2D eigenvalue weighted by Crippen LogP contribution is -2.25. The van der Waals surface area contributed by atoms with Gasteiger partial charge in [0.25, 0.3) is 30.1 Å². The molecular weight excluding hydrogens is 1230 g/mol. The van der Waals surface area contributed by atoms with Gasteiger partial charge in [-0.2, -0.15) is 13.2 Å². The zero-order valence-corrected chi connectivity index (χ0v) is 54.5. The Morgan fingerprint density at radius 1 is 0.457 bits per heavy atom. The Hall–Kier alpha value is -7.99. The number of fused-ring (bicyclic) bond motifs is 6. The Labute approximate surface area is 536 Å². The highest BCUT2D eigenvalue weighted by Gasteiger charge is 2.34. The van der Waals surface area contributed by atoms with E-state index in [4.69, 9.17) is 0 Å². The van der Waals surface area contributed by atoms with Gasteiger partial charge in [-0.15, -0.1) is 0 Å². The standard InChI is InChI=1S/C24H24F3N3O2S.C24H27N3O2S.C22H24N4O2S/c1-29-11-8-16(9-12-29)21-15-30(23-7-5-18(13-20(21)23)24(25,26)27)33(31,32)19-6-4-17-3-2-10-28-22(17)14-19;1-25-14-11-18(12-15-25)22-17-27(23-8-4-3-7-21(22)23)30(28,29)20-10-9-19-6-5-13-26(2)24(19)16-20;1-25-12-8-16(9-13-25)20-15-26(22-19(20)5-3-11-24-22)29(27,28)18-7-6-17-4-2-10-23-21(17)14-18/h4-8,13-15,28H,2-3,9-12H2,1H3;3-4,7-11,16-17H,5-6,12-15H2,1-2H3;3,5-8,11,14-15,23H,2,4,9-10,12-13H2,1H3. The quantitative estimate of drug-likeness (QED) is 0.140. The van der Waals surface area contributed by atoms with E-state index in [1.807, 2.05) is 87.0 Å². The van der Waals surface area contributed by atoms with E-state index in [2.05, 4.69) is 61.5 Å². The minimum Gasteiger partial charge on any atom is -0.385 e. The van der Waals surface area contributed by atoms with Crippen molar-refractivity contribution in [2.75, 3.05) is 103 Å². The minimum atomic E-state index is -4.52. The minimum absolute atomic E-state index is 0.108. The summed E-state index contributed by atoms with van der Waals surface area (Å²) in [4.78, 5) is 13.9. The van der Waals surface area contributed by atoms with Crippen LogP contribution < -0.4 is 15.5 Å². The highest BCUT2D eigenvalue weighted by Crippen LogP contribution is 2.40. The fourth-order valence-electron chi connectivity index (χ4n) is 13.4. The molecule has 0 unspecified atom stereocenters. The first-order valence-electron chi connectivity index (χ1n) is 31.4. The SMILES string of the molecule is CN1CC=C(c2cn(S(=O)(=O)c3ccc4c(c3)N(C)CCC4)c3ccccc23)CC1.CN1CC=C(c2cn(S(=O)(=O)c3ccc4c(c3)NCCC4)c3ccc(C(F)(F)F)cc23)CC1.CN1CC=C(c2cn(S(=O)(=O)c3ccc4c(c3)NCCC4)c3ncccc23)CC1. The van der Waals surface area contributed by atoms with E-state index in [-0.39, 0.29) is 15.3 Å². The summed E-state index contributed by atoms with van der Waals surface area (Å²) in [5.41, 5.74) is 12.6. The molecule has 2 N–H and O–H groups in total. The second kappa shape index (κ2) is 25.1. The summed E-state index contributed by atoms with van der Waals surface area (Å²) in [6.07, 6.45) is 17.0. The maximum absolute atomic E-state index is 13.7. The highest BCUT2D eigenvalue weighted by molar-refractivity contribution is 7.90. The molecule has 0 saturated heterocycles. The average Bonchev–Trinajstić information content (AvgIpc) is 1.59. The van der Waals surface area contributed by atoms with Crippen molar-refractivity contribution in [3.63, 3.8) is 0 Å². The van der Waals surface area contributed by atoms with E-state index in [1.165, 1.54) is 42.5 Å². The van der Waals surface area contributed by atoms with Crippen LogP contribution in [-0.2, 0) is 55.5 Å². The van der Waals surface area contributed by atoms with E-state index in [0.29, 0.717) is 34.5 Å². The molecule has 16 nitrogen and oxygen atoms in total. The molecule has 22 heteroatoms. The van der Waals surface area contributed by atoms with Crippen LogP contribution in [0.4, 0.5) is 30.2 Å². The van der Waals surface area contributed by atoms with Gasteiger partial charge in [-0.25, -0.2) is 42.2 Å². The summed E-state index contributed by atoms with van der Waals surface area (Å²) in [5, 5.41) is 8.72. The van der Waals surface area contributed by atoms with Crippen LogP contribution in [0.2, 0.25) is 0 Å². The fourth-order valence-corrected chi connectivity index (χ4v) is 17.5. The van der Waals surface area contributed by atoms with Crippen LogP contribution in [0.25, 0.3) is 49.6 Å². The van der Waals surface area contributed by atoms with Gasteiger partial charge in [-0.1, -0.05) is 54.6 Å². The first kappa shape index (κ1) is 62.8. The number of alkyl halides is 3. The lowest BCUT2D eigenvalue weighted by Gasteiger charge is -2.28. The molecule has 6 aliphatic rings. The van der Waals surface area contributed by atoms with Crippen LogP contribution in [0.5, 0.6) is 0 Å². The van der Waals surface area contributed by atoms with Crippen molar-refractivity contribution in [2.45, 2.75) is 78.7 Å². The topological polar surface area (TPSA) is 167 Å². The van der Waals surface area contributed by atoms with E-state index in [0.717, 1.165) is 175 Å². The number of nitrogens with one attached hydrogen (secondary N) is 2. The number of likely N-dealkylation sites (N-methyl/N-ethyl adjacent to an activating group) is 3. The van der Waals surface area contributed by atoms with Crippen molar-refractivity contribution < 1.29 is 38.4 Å². The molecule has 15 rings (SSSR count). The monoisotopic (exact) mass is 1300 g/mol. The zero-order chi connectivity index (χ0) is 64.3. The lowest BCUT2D eigenvalue weighted by molar-refractivity contribution is -0.137. The molecule has 0 atom stereocenters. The normalized spacial score (nSPS) is 17.6. The molecule has 0 spiro atoms. The van der Waals surface area contributed by atoms with Gasteiger partial charge in [0.1, 0.15) is 0 Å². The molecule has 9 aromatic rings. The number of hydrogen-bond donors (Lipinski definition) is 2. The third kappa shape index (κ3) is 12.2. The molecule has 0 aliphatic carbocycles. The van der Waals surface area contributed by atoms with Gasteiger partial charge in [0.05, 0.1) is 31.3 Å². The van der Waals surface area contributed by atoms with Crippen molar-refractivity contribution in [1.82, 2.24) is 31.6 Å². The van der Waals surface area contributed by atoms with Crippen LogP contribution in [-0.4, -0.2) is 144 Å². The Morgan fingerprint density at radius 3 is 1.47 bits per heavy atom. The Kier molecular flexibility index (Phi) is 17.2. The predicted octanol–water partition coefficient (Wildman–Crippen LogP) is 12.3. The number of halogens is 3. The number of hydrogen-bond acceptors (Lipinski definition) is 13. The third-order valence-corrected chi connectivity index (χ3v) is 23.7. The number of para-hydroxylation sites is 1. The number of aromatic nitrogens is 4. The highest BCUT2D eigenvalue weighted by atomic mass is 32.2. The summed E-state index contributed by atoms with van der Waals surface area (Å²) in [5.74, 6) is 0. The van der Waals surface area contributed by atoms with Crippen molar-refractivity contribution in [3.05, 3.63) is 191 Å². The molecule has 10 heterocycles. The summed E-state index contributed by atoms with van der Waals surface area (Å²) in [6.45, 7) is 7.70. The molecule has 92 heavy (non-hydrogen) atoms. The van der Waals surface area contributed by atoms with Gasteiger partial charge in [-0.05, 0) is 185 Å². The van der Waals surface area contributed by atoms with Crippen molar-refractivity contribution in [2.24, 2.45) is 0 Å². The van der Waals surface area contributed by atoms with Gasteiger partial charge in [0.2, 0.25) is 0 Å². The van der Waals surface area contributed by atoms with Crippen LogP contribution in [0.15, 0.2) is 167 Å². The number of rotatable bonds is 9. The summed E-state index contributed by atoms with van der Waals surface area (Å²) in [6, 6.07) is 30.9. The second-order valence-electron chi connectivity index (χ2n) is 24.9. The first-order valence-corrected chi connectivity index (χ1v) is 35.7. The van der Waals surface area contributed by atoms with E-state index in [9.17, 15) is 38.4 Å². The third-order valence-electron chi connectivity index (χ3n) is 18.7. The number of benzene rings is 5. The molecule has 0 bridgehead atoms. The maximum Gasteiger partial charge on any atom is 0.416 e. The Morgan fingerprint density at radius 2 is 0.924 bits per heavy atom. The maximum atomic E-state index is 13.7. The second-order valence-corrected chi connectivity index (χ2v) is 30.3. The van der Waals surface area contributed by atoms with Crippen LogP contribution in [0.3, 0.4) is 0 Å². The van der Waals surface area contributed by atoms with Crippen LogP contribution >= 0.6 is 0 Å². The molecule has 0 radical (unpaired) electrons. The number of aryl methyl sites for hydroxylation is 3. The van der Waals surface area contributed by atoms with Gasteiger partial charge in [0.15, 0.2) is 5.65 Å². The molecule has 6 aliphatic heterocycles. The smallest absolute Gasteiger partial charge is 0.385 e. The van der Waals surface area contributed by atoms with Crippen LogP contribution in [0, 0.1) is 0 Å². The van der Waals surface area contributed by atoms with E-state index >= 15 is 0 Å². The fraction of sp³-hybridized carbons (Fsp3) is 0.329. The summed E-state index contributed by atoms with van der Waals surface area (Å²) < 4.78 is 126. The molecule has 0 saturated carbocycles. The molecule has 4 aromatic heterocycles. The van der Waals surface area contributed by atoms with Gasteiger partial charge in [-0.3, -0.25) is 0 Å².